The van der Waals surface area contributed by atoms with Gasteiger partial charge in [0.2, 0.25) is 0 Å². The van der Waals surface area contributed by atoms with Crippen molar-refractivity contribution in [2.45, 2.75) is 26.8 Å². The van der Waals surface area contributed by atoms with Gasteiger partial charge >= 0.3 is 0 Å². The number of hydrogen-bond donors (Lipinski definition) is 2. The van der Waals surface area contributed by atoms with Gasteiger partial charge in [0.25, 0.3) is 5.56 Å². The minimum absolute atomic E-state index is 0.0466. The quantitative estimate of drug-likeness (QED) is 0.774. The molecule has 0 aromatic carbocycles. The highest BCUT2D eigenvalue weighted by atomic mass is 32.1. The first kappa shape index (κ1) is 14.6. The van der Waals surface area contributed by atoms with E-state index in [0.29, 0.717) is 11.2 Å². The van der Waals surface area contributed by atoms with Gasteiger partial charge in [0, 0.05) is 22.7 Å². The highest BCUT2D eigenvalue weighted by Gasteiger charge is 2.20. The molecule has 0 aliphatic carbocycles. The first-order chi connectivity index (χ1) is 11.1. The third-order valence-electron chi connectivity index (χ3n) is 4.41. The summed E-state index contributed by atoms with van der Waals surface area (Å²) >= 11 is 1.47. The summed E-state index contributed by atoms with van der Waals surface area (Å²) in [5.74, 6) is 1.48. The molecule has 0 bridgehead atoms. The van der Waals surface area contributed by atoms with Gasteiger partial charge in [0.15, 0.2) is 0 Å². The van der Waals surface area contributed by atoms with Gasteiger partial charge in [0.1, 0.15) is 10.5 Å². The molecule has 7 heteroatoms. The van der Waals surface area contributed by atoms with E-state index < -0.39 is 0 Å². The van der Waals surface area contributed by atoms with Crippen molar-refractivity contribution in [2.24, 2.45) is 5.92 Å². The predicted octanol–water partition coefficient (Wildman–Crippen LogP) is 2.52. The number of H-pyrrole nitrogens is 2. The molecule has 4 heterocycles. The smallest absolute Gasteiger partial charge is 0.268 e. The lowest BCUT2D eigenvalue weighted by Crippen LogP contribution is -2.23. The van der Waals surface area contributed by atoms with Gasteiger partial charge < -0.3 is 4.98 Å². The molecule has 6 nitrogen and oxygen atoms in total. The van der Waals surface area contributed by atoms with Gasteiger partial charge in [-0.1, -0.05) is 6.92 Å². The van der Waals surface area contributed by atoms with Crippen molar-refractivity contribution in [3.05, 3.63) is 34.1 Å². The van der Waals surface area contributed by atoms with Gasteiger partial charge in [-0.05, 0) is 31.9 Å². The molecule has 23 heavy (non-hydrogen) atoms. The fraction of sp³-hybridized carbons (Fsp3) is 0.438. The summed E-state index contributed by atoms with van der Waals surface area (Å²) in [4.78, 5) is 23.4. The summed E-state index contributed by atoms with van der Waals surface area (Å²) in [6, 6.07) is 1.99. The molecular weight excluding hydrogens is 310 g/mol. The maximum atomic E-state index is 12.4. The highest BCUT2D eigenvalue weighted by molar-refractivity contribution is 7.22. The van der Waals surface area contributed by atoms with Crippen LogP contribution in [-0.2, 0) is 6.54 Å². The zero-order valence-corrected chi connectivity index (χ0v) is 14.0. The molecule has 0 amide bonds. The van der Waals surface area contributed by atoms with Gasteiger partial charge in [-0.15, -0.1) is 11.3 Å². The lowest BCUT2D eigenvalue weighted by molar-refractivity contribution is 0.312. The minimum Gasteiger partial charge on any atom is -0.308 e. The minimum atomic E-state index is -0.0466. The number of aryl methyl sites for hydroxylation is 1. The molecule has 3 aromatic rings. The monoisotopic (exact) mass is 329 g/mol. The van der Waals surface area contributed by atoms with E-state index in [-0.39, 0.29) is 5.56 Å². The number of aromatic amines is 2. The number of nitrogens with zero attached hydrogens (tertiary/aromatic N) is 3. The second kappa shape index (κ2) is 5.58. The van der Waals surface area contributed by atoms with Crippen LogP contribution in [0.5, 0.6) is 0 Å². The highest BCUT2D eigenvalue weighted by Crippen LogP contribution is 2.32. The number of rotatable bonds is 3. The fourth-order valence-corrected chi connectivity index (χ4v) is 4.24. The number of thiophene rings is 1. The van der Waals surface area contributed by atoms with Gasteiger partial charge in [-0.25, -0.2) is 4.98 Å². The Labute approximate surface area is 137 Å². The third-order valence-corrected chi connectivity index (χ3v) is 5.57. The summed E-state index contributed by atoms with van der Waals surface area (Å²) in [7, 11) is 0. The molecule has 2 N–H and O–H groups in total. The van der Waals surface area contributed by atoms with Gasteiger partial charge in [-0.2, -0.15) is 5.10 Å². The lowest BCUT2D eigenvalue weighted by Gasteiger charge is -2.13. The topological polar surface area (TPSA) is 77.7 Å². The molecule has 4 rings (SSSR count). The SMILES string of the molecule is Cc1[nH]ncc1-c1cc2nc(CN3CC[C@H](C)C3)[nH]c(=O)c2s1. The molecule has 120 valence electrons. The Morgan fingerprint density at radius 1 is 1.48 bits per heavy atom. The molecule has 1 fully saturated rings. The van der Waals surface area contributed by atoms with Crippen LogP contribution in [0.1, 0.15) is 24.9 Å². The van der Waals surface area contributed by atoms with Crippen molar-refractivity contribution in [1.82, 2.24) is 25.1 Å². The van der Waals surface area contributed by atoms with Crippen LogP contribution < -0.4 is 5.56 Å². The molecule has 1 atom stereocenters. The average Bonchev–Trinajstić information content (AvgIpc) is 3.19. The van der Waals surface area contributed by atoms with E-state index in [4.69, 9.17) is 0 Å². The number of hydrogen-bond acceptors (Lipinski definition) is 5. The Hall–Kier alpha value is -1.99. The summed E-state index contributed by atoms with van der Waals surface area (Å²) in [5.41, 5.74) is 2.76. The second-order valence-electron chi connectivity index (χ2n) is 6.38. The average molecular weight is 329 g/mol. The Morgan fingerprint density at radius 3 is 3.04 bits per heavy atom. The van der Waals surface area contributed by atoms with Crippen molar-refractivity contribution >= 4 is 21.6 Å². The van der Waals surface area contributed by atoms with Crippen molar-refractivity contribution in [3.8, 4) is 10.4 Å². The predicted molar refractivity (Wildman–Crippen MR) is 91.6 cm³/mol. The van der Waals surface area contributed by atoms with Crippen LogP contribution in [0.15, 0.2) is 17.1 Å². The van der Waals surface area contributed by atoms with E-state index in [1.807, 2.05) is 13.0 Å². The van der Waals surface area contributed by atoms with Crippen LogP contribution in [0.3, 0.4) is 0 Å². The van der Waals surface area contributed by atoms with E-state index in [1.54, 1.807) is 6.20 Å². The number of aromatic nitrogens is 4. The zero-order chi connectivity index (χ0) is 16.0. The van der Waals surface area contributed by atoms with E-state index in [0.717, 1.165) is 46.5 Å². The molecule has 0 radical (unpaired) electrons. The number of fused-ring (bicyclic) bond motifs is 1. The van der Waals surface area contributed by atoms with Crippen LogP contribution in [0.25, 0.3) is 20.7 Å². The Balaban J connectivity index is 1.70. The molecule has 3 aromatic heterocycles. The summed E-state index contributed by atoms with van der Waals surface area (Å²) in [5, 5.41) is 6.99. The standard InChI is InChI=1S/C16H19N5OS/c1-9-3-4-21(7-9)8-14-18-12-5-13(11-6-17-20-10(11)2)23-15(12)16(22)19-14/h5-6,9H,3-4,7-8H2,1-2H3,(H,17,20)(H,18,19,22)/t9-/m0/s1. The third kappa shape index (κ3) is 2.70. The summed E-state index contributed by atoms with van der Waals surface area (Å²) in [6.07, 6.45) is 3.01. The molecule has 0 spiro atoms. The molecular formula is C16H19N5OS. The first-order valence-electron chi connectivity index (χ1n) is 7.85. The number of likely N-dealkylation sites (tertiary alicyclic amines) is 1. The number of nitrogens with one attached hydrogen (secondary N) is 2. The van der Waals surface area contributed by atoms with Crippen molar-refractivity contribution < 1.29 is 0 Å². The largest absolute Gasteiger partial charge is 0.308 e. The maximum Gasteiger partial charge on any atom is 0.268 e. The van der Waals surface area contributed by atoms with Gasteiger partial charge in [-0.3, -0.25) is 14.8 Å². The molecule has 1 aliphatic rings. The first-order valence-corrected chi connectivity index (χ1v) is 8.67. The molecule has 1 aliphatic heterocycles. The zero-order valence-electron chi connectivity index (χ0n) is 13.2. The van der Waals surface area contributed by atoms with Crippen molar-refractivity contribution in [1.29, 1.82) is 0 Å². The van der Waals surface area contributed by atoms with Crippen LogP contribution >= 0.6 is 11.3 Å². The maximum absolute atomic E-state index is 12.4. The fourth-order valence-electron chi connectivity index (χ4n) is 3.18. The van der Waals surface area contributed by atoms with Crippen LogP contribution in [0.4, 0.5) is 0 Å². The van der Waals surface area contributed by atoms with Crippen LogP contribution in [0, 0.1) is 12.8 Å². The van der Waals surface area contributed by atoms with Gasteiger partial charge in [0.05, 0.1) is 18.3 Å². The Morgan fingerprint density at radius 2 is 2.35 bits per heavy atom. The van der Waals surface area contributed by atoms with E-state index in [9.17, 15) is 4.79 Å². The normalized spacial score (nSPS) is 19.0. The van der Waals surface area contributed by atoms with Crippen molar-refractivity contribution in [2.75, 3.05) is 13.1 Å². The molecule has 0 saturated carbocycles. The van der Waals surface area contributed by atoms with Crippen LogP contribution in [-0.4, -0.2) is 38.2 Å². The molecule has 1 saturated heterocycles. The van der Waals surface area contributed by atoms with Crippen molar-refractivity contribution in [3.63, 3.8) is 0 Å². The second-order valence-corrected chi connectivity index (χ2v) is 7.43. The van der Waals surface area contributed by atoms with E-state index >= 15 is 0 Å². The Kier molecular flexibility index (Phi) is 3.54. The van der Waals surface area contributed by atoms with E-state index in [2.05, 4.69) is 32.0 Å². The lowest BCUT2D eigenvalue weighted by atomic mass is 10.2. The van der Waals surface area contributed by atoms with Crippen LogP contribution in [0.2, 0.25) is 0 Å². The summed E-state index contributed by atoms with van der Waals surface area (Å²) < 4.78 is 0.680. The van der Waals surface area contributed by atoms with E-state index in [1.165, 1.54) is 17.8 Å². The summed E-state index contributed by atoms with van der Waals surface area (Å²) in [6.45, 7) is 7.10. The molecule has 0 unspecified atom stereocenters. The Bertz CT molecular complexity index is 909.